The number of rotatable bonds is 6. The van der Waals surface area contributed by atoms with E-state index < -0.39 is 23.5 Å². The lowest BCUT2D eigenvalue weighted by Crippen LogP contribution is -2.40. The van der Waals surface area contributed by atoms with Gasteiger partial charge in [0, 0.05) is 0 Å². The van der Waals surface area contributed by atoms with Crippen LogP contribution in [0.1, 0.15) is 42.7 Å². The lowest BCUT2D eigenvalue weighted by molar-refractivity contribution is -0.151. The van der Waals surface area contributed by atoms with Crippen molar-refractivity contribution in [2.45, 2.75) is 32.4 Å². The molecule has 2 aromatic rings. The average Bonchev–Trinajstić information content (AvgIpc) is 2.67. The molecule has 0 spiro atoms. The maximum absolute atomic E-state index is 12.9. The molecule has 0 radical (unpaired) electrons. The van der Waals surface area contributed by atoms with Gasteiger partial charge >= 0.3 is 11.7 Å². The van der Waals surface area contributed by atoms with Crippen molar-refractivity contribution in [3.05, 3.63) is 71.3 Å². The second-order valence-electron chi connectivity index (χ2n) is 7.00. The second kappa shape index (κ2) is 8.97. The number of hydrogen-bond donors (Lipinski definition) is 1. The molecule has 1 N–H and O–H groups in total. The molecule has 0 saturated carbocycles. The Morgan fingerprint density at radius 1 is 1.04 bits per heavy atom. The standard InChI is InChI=1S/C21H23N3O4/c1-21(2,3)28-20(26)18(24-22)17(14-10-6-5-7-11-14)23-19(25)15-12-8-9-13-16(15)27-4/h5-13,17H,1-4H3,(H,23,25). The van der Waals surface area contributed by atoms with Crippen LogP contribution in [-0.4, -0.2) is 35.1 Å². The molecule has 7 heteroatoms. The molecule has 0 aliphatic rings. The largest absolute Gasteiger partial charge is 0.496 e. The summed E-state index contributed by atoms with van der Waals surface area (Å²) in [4.78, 5) is 28.5. The van der Waals surface area contributed by atoms with Gasteiger partial charge < -0.3 is 20.3 Å². The zero-order valence-electron chi connectivity index (χ0n) is 16.3. The van der Waals surface area contributed by atoms with Gasteiger partial charge in [-0.15, -0.1) is 0 Å². The number of hydrogen-bond acceptors (Lipinski definition) is 4. The number of ether oxygens (including phenoxy) is 2. The van der Waals surface area contributed by atoms with Crippen LogP contribution in [0.2, 0.25) is 0 Å². The molecule has 28 heavy (non-hydrogen) atoms. The Bertz CT molecular complexity index is 897. The van der Waals surface area contributed by atoms with Gasteiger partial charge in [-0.2, -0.15) is 4.79 Å². The number of nitrogens with zero attached hydrogens (tertiary/aromatic N) is 2. The van der Waals surface area contributed by atoms with Crippen molar-refractivity contribution in [3.8, 4) is 5.75 Å². The first kappa shape index (κ1) is 20.9. The van der Waals surface area contributed by atoms with E-state index in [1.165, 1.54) is 7.11 Å². The summed E-state index contributed by atoms with van der Waals surface area (Å²) in [6.07, 6.45) is 0. The van der Waals surface area contributed by atoms with E-state index in [0.717, 1.165) is 0 Å². The smallest absolute Gasteiger partial charge is 0.420 e. The third-order valence-corrected chi connectivity index (χ3v) is 3.75. The summed E-state index contributed by atoms with van der Waals surface area (Å²) in [7, 11) is 1.46. The van der Waals surface area contributed by atoms with E-state index in [9.17, 15) is 15.1 Å². The lowest BCUT2D eigenvalue weighted by atomic mass is 10.0. The monoisotopic (exact) mass is 381 g/mol. The van der Waals surface area contributed by atoms with Crippen molar-refractivity contribution in [2.75, 3.05) is 7.11 Å². The van der Waals surface area contributed by atoms with Gasteiger partial charge in [0.05, 0.1) is 12.7 Å². The van der Waals surface area contributed by atoms with Crippen LogP contribution in [0.15, 0.2) is 54.6 Å². The molecule has 146 valence electrons. The van der Waals surface area contributed by atoms with E-state index in [1.54, 1.807) is 75.4 Å². The molecule has 1 amide bonds. The van der Waals surface area contributed by atoms with Crippen LogP contribution in [0, 0.1) is 0 Å². The highest BCUT2D eigenvalue weighted by Crippen LogP contribution is 2.21. The normalized spacial score (nSPS) is 11.7. The Morgan fingerprint density at radius 2 is 1.64 bits per heavy atom. The van der Waals surface area contributed by atoms with E-state index in [2.05, 4.69) is 10.1 Å². The fourth-order valence-electron chi connectivity index (χ4n) is 2.54. The third-order valence-electron chi connectivity index (χ3n) is 3.75. The summed E-state index contributed by atoms with van der Waals surface area (Å²) < 4.78 is 10.5. The number of methoxy groups -OCH3 is 1. The summed E-state index contributed by atoms with van der Waals surface area (Å²) in [5, 5.41) is 2.73. The molecule has 0 aliphatic heterocycles. The molecular weight excluding hydrogens is 358 g/mol. The van der Waals surface area contributed by atoms with Crippen LogP contribution >= 0.6 is 0 Å². The molecule has 0 fully saturated rings. The topological polar surface area (TPSA) is 101 Å². The van der Waals surface area contributed by atoms with E-state index in [-0.39, 0.29) is 11.3 Å². The predicted octanol–water partition coefficient (Wildman–Crippen LogP) is 3.18. The molecule has 0 bridgehead atoms. The molecule has 0 heterocycles. The van der Waals surface area contributed by atoms with Gasteiger partial charge in [-0.25, -0.2) is 4.79 Å². The third kappa shape index (κ3) is 5.28. The number of benzene rings is 2. The summed E-state index contributed by atoms with van der Waals surface area (Å²) in [5.41, 5.74) is 9.24. The van der Waals surface area contributed by atoms with Crippen LogP contribution < -0.4 is 10.1 Å². The van der Waals surface area contributed by atoms with Crippen LogP contribution in [0.3, 0.4) is 0 Å². The zero-order chi connectivity index (χ0) is 20.7. The van der Waals surface area contributed by atoms with Crippen LogP contribution in [0.25, 0.3) is 5.53 Å². The fourth-order valence-corrected chi connectivity index (χ4v) is 2.54. The van der Waals surface area contributed by atoms with Crippen molar-refractivity contribution >= 4 is 17.6 Å². The summed E-state index contributed by atoms with van der Waals surface area (Å²) in [6.45, 7) is 5.10. The Morgan fingerprint density at radius 3 is 2.21 bits per heavy atom. The average molecular weight is 381 g/mol. The fraction of sp³-hybridized carbons (Fsp3) is 0.286. The summed E-state index contributed by atoms with van der Waals surface area (Å²) >= 11 is 0. The van der Waals surface area contributed by atoms with Gasteiger partial charge in [-0.1, -0.05) is 42.5 Å². The van der Waals surface area contributed by atoms with Gasteiger partial charge in [0.1, 0.15) is 11.4 Å². The molecular formula is C21H23N3O4. The summed E-state index contributed by atoms with van der Waals surface area (Å²) in [5.74, 6) is -0.938. The van der Waals surface area contributed by atoms with Crippen molar-refractivity contribution in [2.24, 2.45) is 0 Å². The number of esters is 1. The highest BCUT2D eigenvalue weighted by Gasteiger charge is 2.37. The Kier molecular flexibility index (Phi) is 6.69. The van der Waals surface area contributed by atoms with Crippen molar-refractivity contribution in [3.63, 3.8) is 0 Å². The summed E-state index contributed by atoms with van der Waals surface area (Å²) in [6, 6.07) is 14.4. The molecule has 2 rings (SSSR count). The number of amides is 1. The Labute approximate surface area is 163 Å². The minimum Gasteiger partial charge on any atom is -0.496 e. The van der Waals surface area contributed by atoms with Gasteiger partial charge in [0.15, 0.2) is 6.04 Å². The first-order valence-electron chi connectivity index (χ1n) is 8.71. The minimum absolute atomic E-state index is 0.285. The molecule has 7 nitrogen and oxygen atoms in total. The molecule has 0 aliphatic carbocycles. The molecule has 0 aromatic heterocycles. The first-order chi connectivity index (χ1) is 13.3. The molecule has 0 saturated heterocycles. The maximum Gasteiger partial charge on any atom is 0.420 e. The Hall–Kier alpha value is -3.44. The van der Waals surface area contributed by atoms with E-state index in [4.69, 9.17) is 9.47 Å². The number of carbonyl (C=O) groups excluding carboxylic acids is 2. The van der Waals surface area contributed by atoms with E-state index in [0.29, 0.717) is 11.3 Å². The maximum atomic E-state index is 12.9. The Balaban J connectivity index is 2.41. The zero-order valence-corrected chi connectivity index (χ0v) is 16.3. The predicted molar refractivity (Wildman–Crippen MR) is 104 cm³/mol. The number of nitrogens with one attached hydrogen (secondary N) is 1. The highest BCUT2D eigenvalue weighted by molar-refractivity contribution is 6.36. The van der Waals surface area contributed by atoms with Crippen molar-refractivity contribution in [1.82, 2.24) is 5.32 Å². The van der Waals surface area contributed by atoms with E-state index in [1.807, 2.05) is 0 Å². The van der Waals surface area contributed by atoms with Gasteiger partial charge in [0.2, 0.25) is 0 Å². The van der Waals surface area contributed by atoms with Crippen molar-refractivity contribution < 1.29 is 23.9 Å². The molecule has 2 aromatic carbocycles. The lowest BCUT2D eigenvalue weighted by Gasteiger charge is -2.20. The first-order valence-corrected chi connectivity index (χ1v) is 8.71. The second-order valence-corrected chi connectivity index (χ2v) is 7.00. The van der Waals surface area contributed by atoms with Crippen molar-refractivity contribution in [1.29, 1.82) is 0 Å². The van der Waals surface area contributed by atoms with Crippen LogP contribution in [0.5, 0.6) is 5.75 Å². The minimum atomic E-state index is -1.02. The van der Waals surface area contributed by atoms with Gasteiger partial charge in [-0.05, 0) is 38.5 Å². The molecule has 1 unspecified atom stereocenters. The van der Waals surface area contributed by atoms with Crippen LogP contribution in [-0.2, 0) is 9.53 Å². The van der Waals surface area contributed by atoms with Gasteiger partial charge in [-0.3, -0.25) is 4.79 Å². The SMILES string of the molecule is COc1ccccc1C(=O)NC(C(=[N+]=[N-])C(=O)OC(C)(C)C)c1ccccc1. The number of para-hydroxylation sites is 1. The number of carbonyl (C=O) groups is 2. The quantitative estimate of drug-likeness (QED) is 0.359. The molecule has 1 atom stereocenters. The van der Waals surface area contributed by atoms with Crippen LogP contribution in [0.4, 0.5) is 0 Å². The van der Waals surface area contributed by atoms with Gasteiger partial charge in [0.25, 0.3) is 5.91 Å². The highest BCUT2D eigenvalue weighted by atomic mass is 16.6. The van der Waals surface area contributed by atoms with E-state index >= 15 is 0 Å².